The zero-order chi connectivity index (χ0) is 12.2. The van der Waals surface area contributed by atoms with Crippen molar-refractivity contribution in [2.24, 2.45) is 0 Å². The lowest BCUT2D eigenvalue weighted by molar-refractivity contribution is 0.0659. The van der Waals surface area contributed by atoms with Gasteiger partial charge in [0.05, 0.1) is 12.7 Å². The van der Waals surface area contributed by atoms with Gasteiger partial charge in [0, 0.05) is 22.8 Å². The van der Waals surface area contributed by atoms with E-state index in [-0.39, 0.29) is 0 Å². The van der Waals surface area contributed by atoms with Gasteiger partial charge in [-0.3, -0.25) is 0 Å². The van der Waals surface area contributed by atoms with Crippen molar-refractivity contribution in [2.75, 3.05) is 18.5 Å². The monoisotopic (exact) mass is 262 g/mol. The highest BCUT2D eigenvalue weighted by atomic mass is 32.1. The number of anilines is 1. The molecule has 2 aromatic rings. The van der Waals surface area contributed by atoms with Crippen LogP contribution in [0.15, 0.2) is 23.7 Å². The molecule has 3 nitrogen and oxygen atoms in total. The van der Waals surface area contributed by atoms with E-state index in [1.54, 1.807) is 11.3 Å². The molecule has 0 aliphatic heterocycles. The molecule has 0 amide bonds. The molecule has 0 saturated heterocycles. The number of rotatable bonds is 5. The first-order valence-electron chi connectivity index (χ1n) is 6.61. The van der Waals surface area contributed by atoms with Crippen molar-refractivity contribution in [3.05, 3.63) is 23.7 Å². The van der Waals surface area contributed by atoms with Gasteiger partial charge in [-0.05, 0) is 30.4 Å². The maximum Gasteiger partial charge on any atom is 0.134 e. The Bertz CT molecular complexity index is 505. The van der Waals surface area contributed by atoms with E-state index in [1.807, 2.05) is 6.20 Å². The molecular formula is C14H18N2OS. The lowest BCUT2D eigenvalue weighted by Gasteiger charge is -2.12. The fraction of sp³-hybridized carbons (Fsp3) is 0.500. The lowest BCUT2D eigenvalue weighted by Crippen LogP contribution is -2.15. The average Bonchev–Trinajstić information content (AvgIpc) is 3.05. The molecule has 4 heteroatoms. The average molecular weight is 262 g/mol. The Morgan fingerprint density at radius 2 is 2.22 bits per heavy atom. The Morgan fingerprint density at radius 3 is 3.11 bits per heavy atom. The van der Waals surface area contributed by atoms with E-state index in [0.29, 0.717) is 6.10 Å². The molecule has 18 heavy (non-hydrogen) atoms. The van der Waals surface area contributed by atoms with Crippen LogP contribution >= 0.6 is 11.3 Å². The van der Waals surface area contributed by atoms with Gasteiger partial charge >= 0.3 is 0 Å². The van der Waals surface area contributed by atoms with Gasteiger partial charge in [-0.2, -0.15) is 0 Å². The van der Waals surface area contributed by atoms with E-state index < -0.39 is 0 Å². The maximum atomic E-state index is 5.83. The summed E-state index contributed by atoms with van der Waals surface area (Å²) in [4.78, 5) is 4.39. The fourth-order valence-electron chi connectivity index (χ4n) is 2.49. The Morgan fingerprint density at radius 1 is 1.33 bits per heavy atom. The third kappa shape index (κ3) is 2.65. The Hall–Kier alpha value is -1.13. The summed E-state index contributed by atoms with van der Waals surface area (Å²) in [6, 6.07) is 4.17. The number of pyridine rings is 1. The predicted octanol–water partition coefficient (Wildman–Crippen LogP) is 3.67. The smallest absolute Gasteiger partial charge is 0.134 e. The fourth-order valence-corrected chi connectivity index (χ4v) is 3.27. The summed E-state index contributed by atoms with van der Waals surface area (Å²) in [5, 5.41) is 6.68. The Kier molecular flexibility index (Phi) is 3.76. The molecule has 3 rings (SSSR count). The number of hydrogen-bond donors (Lipinski definition) is 1. The minimum absolute atomic E-state index is 0.497. The maximum absolute atomic E-state index is 5.83. The van der Waals surface area contributed by atoms with Gasteiger partial charge in [-0.15, -0.1) is 11.3 Å². The van der Waals surface area contributed by atoms with Crippen LogP contribution in [0, 0.1) is 0 Å². The van der Waals surface area contributed by atoms with Gasteiger partial charge in [0.15, 0.2) is 0 Å². The first kappa shape index (κ1) is 11.9. The number of thiophene rings is 1. The summed E-state index contributed by atoms with van der Waals surface area (Å²) in [7, 11) is 0. The first-order valence-corrected chi connectivity index (χ1v) is 7.49. The summed E-state index contributed by atoms with van der Waals surface area (Å²) in [5.74, 6) is 0.976. The molecule has 0 radical (unpaired) electrons. The largest absolute Gasteiger partial charge is 0.376 e. The molecule has 2 aromatic heterocycles. The van der Waals surface area contributed by atoms with Gasteiger partial charge in [-0.25, -0.2) is 4.98 Å². The minimum atomic E-state index is 0.497. The van der Waals surface area contributed by atoms with E-state index in [4.69, 9.17) is 4.74 Å². The Balaban J connectivity index is 1.51. The molecule has 1 fully saturated rings. The zero-order valence-electron chi connectivity index (χ0n) is 10.4. The second kappa shape index (κ2) is 5.67. The van der Waals surface area contributed by atoms with E-state index in [1.165, 1.54) is 35.8 Å². The molecule has 1 saturated carbocycles. The molecule has 0 aromatic carbocycles. The lowest BCUT2D eigenvalue weighted by atomic mass is 10.3. The number of hydrogen-bond acceptors (Lipinski definition) is 4. The second-order valence-corrected chi connectivity index (χ2v) is 5.64. The van der Waals surface area contributed by atoms with Gasteiger partial charge in [0.1, 0.15) is 5.82 Å². The van der Waals surface area contributed by atoms with Gasteiger partial charge in [0.25, 0.3) is 0 Å². The summed E-state index contributed by atoms with van der Waals surface area (Å²) in [5.41, 5.74) is 0. The van der Waals surface area contributed by atoms with Crippen molar-refractivity contribution in [3.63, 3.8) is 0 Å². The highest BCUT2D eigenvalue weighted by Crippen LogP contribution is 2.25. The van der Waals surface area contributed by atoms with Crippen LogP contribution in [0.1, 0.15) is 25.7 Å². The van der Waals surface area contributed by atoms with Crippen LogP contribution in [0.25, 0.3) is 10.1 Å². The molecule has 2 heterocycles. The normalized spacial score (nSPS) is 16.4. The van der Waals surface area contributed by atoms with Crippen LogP contribution in [-0.2, 0) is 4.74 Å². The topological polar surface area (TPSA) is 34.1 Å². The Labute approximate surface area is 111 Å². The molecule has 1 aliphatic carbocycles. The highest BCUT2D eigenvalue weighted by Gasteiger charge is 2.14. The number of nitrogens with one attached hydrogen (secondary N) is 1. The van der Waals surface area contributed by atoms with Crippen LogP contribution in [0.2, 0.25) is 0 Å². The number of fused-ring (bicyclic) bond motifs is 1. The standard InChI is InChI=1S/C14H18N2OS/c1-2-4-11(3-1)17-9-8-16-14-12-6-10-18-13(12)5-7-15-14/h5-7,10-11H,1-4,8-9H2,(H,15,16). The van der Waals surface area contributed by atoms with Crippen LogP contribution in [-0.4, -0.2) is 24.2 Å². The number of aromatic nitrogens is 1. The molecule has 0 unspecified atom stereocenters. The van der Waals surface area contributed by atoms with E-state index in [9.17, 15) is 0 Å². The van der Waals surface area contributed by atoms with Crippen molar-refractivity contribution in [1.82, 2.24) is 4.98 Å². The SMILES string of the molecule is c1cc2sccc2c(NCCOC2CCCC2)n1. The zero-order valence-corrected chi connectivity index (χ0v) is 11.2. The first-order chi connectivity index (χ1) is 8.93. The highest BCUT2D eigenvalue weighted by molar-refractivity contribution is 7.17. The molecule has 0 atom stereocenters. The van der Waals surface area contributed by atoms with Crippen LogP contribution in [0.3, 0.4) is 0 Å². The molecule has 96 valence electrons. The molecule has 1 N–H and O–H groups in total. The van der Waals surface area contributed by atoms with Gasteiger partial charge in [-0.1, -0.05) is 12.8 Å². The van der Waals surface area contributed by atoms with Gasteiger partial charge in [0.2, 0.25) is 0 Å². The summed E-state index contributed by atoms with van der Waals surface area (Å²) in [6.07, 6.45) is 7.48. The van der Waals surface area contributed by atoms with Crippen LogP contribution < -0.4 is 5.32 Å². The number of ether oxygens (including phenoxy) is 1. The van der Waals surface area contributed by atoms with Crippen molar-refractivity contribution < 1.29 is 4.74 Å². The van der Waals surface area contributed by atoms with E-state index >= 15 is 0 Å². The molecule has 1 aliphatic rings. The quantitative estimate of drug-likeness (QED) is 0.835. The second-order valence-electron chi connectivity index (χ2n) is 4.70. The van der Waals surface area contributed by atoms with Crippen LogP contribution in [0.5, 0.6) is 0 Å². The number of nitrogens with zero attached hydrogens (tertiary/aromatic N) is 1. The molecular weight excluding hydrogens is 244 g/mol. The summed E-state index contributed by atoms with van der Waals surface area (Å²) < 4.78 is 7.11. The van der Waals surface area contributed by atoms with Crippen molar-refractivity contribution in [1.29, 1.82) is 0 Å². The van der Waals surface area contributed by atoms with E-state index in [2.05, 4.69) is 27.8 Å². The predicted molar refractivity (Wildman–Crippen MR) is 76.3 cm³/mol. The minimum Gasteiger partial charge on any atom is -0.376 e. The van der Waals surface area contributed by atoms with Crippen LogP contribution in [0.4, 0.5) is 5.82 Å². The summed E-state index contributed by atoms with van der Waals surface area (Å²) in [6.45, 7) is 1.60. The molecule has 0 spiro atoms. The van der Waals surface area contributed by atoms with E-state index in [0.717, 1.165) is 19.0 Å². The third-order valence-electron chi connectivity index (χ3n) is 3.43. The van der Waals surface area contributed by atoms with Crippen molar-refractivity contribution >= 4 is 27.2 Å². The molecule has 0 bridgehead atoms. The summed E-state index contributed by atoms with van der Waals surface area (Å²) >= 11 is 1.75. The van der Waals surface area contributed by atoms with Crippen molar-refractivity contribution in [2.45, 2.75) is 31.8 Å². The van der Waals surface area contributed by atoms with Crippen molar-refractivity contribution in [3.8, 4) is 0 Å². The third-order valence-corrected chi connectivity index (χ3v) is 4.31. The van der Waals surface area contributed by atoms with Gasteiger partial charge < -0.3 is 10.1 Å².